The Bertz CT molecular complexity index is 4780. The highest BCUT2D eigenvalue weighted by atomic mass is 35.5. The maximum Gasteiger partial charge on any atom is 0.569 e. The summed E-state index contributed by atoms with van der Waals surface area (Å²) in [6.07, 6.45) is -4.47. The predicted octanol–water partition coefficient (Wildman–Crippen LogP) is 15.1. The molecule has 2 saturated carbocycles. The summed E-state index contributed by atoms with van der Waals surface area (Å²) >= 11 is 10.4. The molecule has 2 saturated heterocycles. The fourth-order valence-corrected chi connectivity index (χ4v) is 11.7. The second-order valence-corrected chi connectivity index (χ2v) is 26.6. The number of hydrogen-bond donors (Lipinski definition) is 3. The Hall–Kier alpha value is -13.0. The van der Waals surface area contributed by atoms with E-state index in [1.54, 1.807) is 77.7 Å². The monoisotopic (exact) mass is 1620 g/mol. The van der Waals surface area contributed by atoms with Gasteiger partial charge >= 0.3 is 54.4 Å². The first-order chi connectivity index (χ1) is 53.9. The highest BCUT2D eigenvalue weighted by molar-refractivity contribution is 6.61. The minimum Gasteiger partial charge on any atom is -0.537 e. The van der Waals surface area contributed by atoms with Gasteiger partial charge in [-0.3, -0.25) is 49.5 Å². The summed E-state index contributed by atoms with van der Waals surface area (Å²) in [5.74, 6) is -2.42. The molecule has 2 aliphatic heterocycles. The lowest BCUT2D eigenvalue weighted by molar-refractivity contribution is -0.384. The number of nitrogen functional groups attached to an aromatic ring is 2. The number of nitrogens with zero attached hydrogens (tertiary/aromatic N) is 9. The van der Waals surface area contributed by atoms with E-state index in [-0.39, 0.29) is 94.5 Å². The Morgan fingerprint density at radius 3 is 1.34 bits per heavy atom. The molecule has 13 rings (SSSR count). The number of alkyl halides is 3. The third-order valence-electron chi connectivity index (χ3n) is 16.5. The predicted molar refractivity (Wildman–Crippen MR) is 404 cm³/mol. The molecule has 29 nitrogen and oxygen atoms in total. The number of nitrogens with two attached hydrogens (primary N) is 2. The standard InChI is InChI=1S/C26H18FN3O5.C12H19NO3.C11H8FN3O2.C9H10F3NO2.C7H5ClO2.C6H5BFO2.C5H4ClN3O2/c27-20-13-11-19(12-14-20)22-15-16-23(30(33)34)25(28-22)29(24(31)17-18-7-3-1-4-8-18)26(32)35-21-9-5-2-6-10-21;1-12(2,3)16-11(15)13-6-8-4-10(14)5-9(8)7-13;12-8-3-1-7(2-4-8)9-5-6-10(15(16)17)11(13)14-9;10-9(11,12)8(15)13-3-5-1-7(14)2-6(5)4-13;8-7(9)10-6-4-2-1-3-5-6;8-5-1-3-6(4-2-5)10-7-9;6-4-2-1-3(9(10)11)5(7)8-4/h1-16H,17H2;8-9H,4-7H2,1-3H3;1-6H,(H2,13,14);5-6H,1-4H2;1-5H;1-4,9H;1-2H,(H2,7,8). The van der Waals surface area contributed by atoms with Crippen molar-refractivity contribution in [2.45, 2.75) is 64.7 Å². The zero-order chi connectivity index (χ0) is 83.6. The summed E-state index contributed by atoms with van der Waals surface area (Å²) in [6, 6.07) is 49.3. The number of ether oxygens (including phenoxy) is 3. The molecule has 4 aliphatic rings. The maximum atomic E-state index is 13.4. The second-order valence-electron chi connectivity index (χ2n) is 25.9. The number of benzene rings is 6. The van der Waals surface area contributed by atoms with E-state index in [0.717, 1.165) is 11.0 Å². The quantitative estimate of drug-likeness (QED) is 0.0255. The molecule has 5 heterocycles. The van der Waals surface area contributed by atoms with Crippen LogP contribution in [0.15, 0.2) is 200 Å². The molecule has 114 heavy (non-hydrogen) atoms. The number of amides is 4. The van der Waals surface area contributed by atoms with Crippen LogP contribution in [0.2, 0.25) is 5.15 Å². The smallest absolute Gasteiger partial charge is 0.537 e. The number of Topliss-reactive ketones (excluding diaryl/α,β-unsaturated/α-hetero) is 2. The van der Waals surface area contributed by atoms with Gasteiger partial charge in [0.2, 0.25) is 23.4 Å². The summed E-state index contributed by atoms with van der Waals surface area (Å²) < 4.78 is 94.3. The zero-order valence-electron chi connectivity index (χ0n) is 60.4. The van der Waals surface area contributed by atoms with Crippen molar-refractivity contribution in [2.24, 2.45) is 23.7 Å². The van der Waals surface area contributed by atoms with Crippen LogP contribution in [0.3, 0.4) is 0 Å². The van der Waals surface area contributed by atoms with Crippen LogP contribution in [0.5, 0.6) is 17.2 Å². The van der Waals surface area contributed by atoms with Gasteiger partial charge in [0.25, 0.3) is 0 Å². The normalized spacial score (nSPS) is 15.4. The van der Waals surface area contributed by atoms with Crippen molar-refractivity contribution >= 4 is 106 Å². The Kier molecular flexibility index (Phi) is 32.0. The second kappa shape index (κ2) is 41.4. The topological polar surface area (TPSA) is 406 Å². The molecule has 3 aromatic heterocycles. The zero-order valence-corrected chi connectivity index (χ0v) is 61.9. The minimum absolute atomic E-state index is 0.0520. The van der Waals surface area contributed by atoms with Gasteiger partial charge in [-0.15, -0.1) is 0 Å². The third kappa shape index (κ3) is 27.5. The van der Waals surface area contributed by atoms with E-state index in [9.17, 15) is 90.2 Å². The van der Waals surface area contributed by atoms with Gasteiger partial charge in [0.15, 0.2) is 0 Å². The number of imide groups is 1. The molecule has 595 valence electrons. The van der Waals surface area contributed by atoms with Crippen LogP contribution in [0.1, 0.15) is 52.0 Å². The number of likely N-dealkylation sites (tertiary alicyclic amines) is 2. The van der Waals surface area contributed by atoms with Crippen LogP contribution < -0.4 is 30.5 Å². The van der Waals surface area contributed by atoms with Crippen molar-refractivity contribution in [2.75, 3.05) is 42.5 Å². The molecule has 0 bridgehead atoms. The number of fused-ring (bicyclic) bond motifs is 2. The summed E-state index contributed by atoms with van der Waals surface area (Å²) in [4.78, 5) is 127. The number of nitro groups is 3. The SMILES string of the molecule is CC(C)(C)OC(=O)N1CC2CC(=O)CC2C1.Nc1nc(-c2ccc(F)cc2)ccc1[N+](=O)[O-].Nc1nc(Cl)ccc1[N+](=O)[O-].O=C(Cc1ccccc1)N(C(=O)Oc1ccccc1)c1nc(-c2ccc(F)cc2)ccc1[N+](=O)[O-].O=C(Cl)Oc1ccccc1.O=C1CC2CN(C(=O)C(F)(F)F)CC2C1.O[B]Oc1ccc(F)cc1. The molecular weight excluding hydrogens is 1550 g/mol. The summed E-state index contributed by atoms with van der Waals surface area (Å²) in [5.41, 5.74) is 10.7. The van der Waals surface area contributed by atoms with Gasteiger partial charge in [-0.25, -0.2) is 42.5 Å². The molecule has 4 unspecified atom stereocenters. The first-order valence-corrected chi connectivity index (χ1v) is 34.7. The number of hydrogen-bond acceptors (Lipinski definition) is 23. The van der Waals surface area contributed by atoms with E-state index in [1.165, 1.54) is 115 Å². The van der Waals surface area contributed by atoms with Crippen LogP contribution in [0, 0.1) is 71.5 Å². The van der Waals surface area contributed by atoms with E-state index in [4.69, 9.17) is 49.2 Å². The fourth-order valence-electron chi connectivity index (χ4n) is 11.4. The van der Waals surface area contributed by atoms with E-state index >= 15 is 0 Å². The Balaban J connectivity index is 0.000000195. The number of anilines is 3. The summed E-state index contributed by atoms with van der Waals surface area (Å²) in [6.45, 7) is 7.13. The molecule has 9 aromatic rings. The number of ketones is 2. The molecule has 2 aliphatic carbocycles. The minimum atomic E-state index is -4.79. The van der Waals surface area contributed by atoms with Crippen molar-refractivity contribution in [1.82, 2.24) is 24.8 Å². The summed E-state index contributed by atoms with van der Waals surface area (Å²) in [7, 11) is 0.549. The highest BCUT2D eigenvalue weighted by Crippen LogP contribution is 2.39. The maximum absolute atomic E-state index is 13.4. The number of carbonyl (C=O) groups excluding carboxylic acids is 7. The largest absolute Gasteiger partial charge is 0.569 e. The fraction of sp³-hybridized carbons (Fsp3) is 0.237. The number of pyridine rings is 3. The van der Waals surface area contributed by atoms with Crippen molar-refractivity contribution in [3.63, 3.8) is 0 Å². The van der Waals surface area contributed by atoms with Gasteiger partial charge in [-0.2, -0.15) is 18.1 Å². The van der Waals surface area contributed by atoms with E-state index in [2.05, 4.69) is 24.3 Å². The molecule has 6 aromatic carbocycles. The van der Waals surface area contributed by atoms with Gasteiger partial charge < -0.3 is 45.2 Å². The van der Waals surface area contributed by atoms with Crippen LogP contribution in [0.25, 0.3) is 22.5 Å². The highest BCUT2D eigenvalue weighted by Gasteiger charge is 2.49. The van der Waals surface area contributed by atoms with E-state index < -0.39 is 67.2 Å². The van der Waals surface area contributed by atoms with Gasteiger partial charge in [-0.05, 0) is 165 Å². The molecule has 1 radical (unpaired) electrons. The number of carbonyl (C=O) groups is 7. The van der Waals surface area contributed by atoms with Crippen LogP contribution in [0.4, 0.5) is 75.2 Å². The van der Waals surface area contributed by atoms with Crippen molar-refractivity contribution in [1.29, 1.82) is 0 Å². The lowest BCUT2D eigenvalue weighted by Crippen LogP contribution is -2.41. The van der Waals surface area contributed by atoms with E-state index in [0.29, 0.717) is 103 Å². The molecule has 0 spiro atoms. The Morgan fingerprint density at radius 2 is 0.939 bits per heavy atom. The molecule has 4 amide bonds. The number of halogens is 8. The molecule has 5 N–H and O–H groups in total. The Labute approximate surface area is 656 Å². The number of aromatic nitrogens is 3. The summed E-state index contributed by atoms with van der Waals surface area (Å²) in [5, 5.41) is 40.8. The first-order valence-electron chi connectivity index (χ1n) is 33.9. The third-order valence-corrected chi connectivity index (χ3v) is 16.8. The molecule has 4 fully saturated rings. The molecule has 38 heteroatoms. The number of rotatable bonds is 12. The van der Waals surface area contributed by atoms with Gasteiger partial charge in [-0.1, -0.05) is 78.3 Å². The van der Waals surface area contributed by atoms with Crippen LogP contribution >= 0.6 is 23.2 Å². The van der Waals surface area contributed by atoms with Crippen molar-refractivity contribution < 1.29 is 98.6 Å². The van der Waals surface area contributed by atoms with Gasteiger partial charge in [0, 0.05) is 92.8 Å². The lowest BCUT2D eigenvalue weighted by Gasteiger charge is -2.24. The van der Waals surface area contributed by atoms with Crippen LogP contribution in [-0.4, -0.2) is 131 Å². The van der Waals surface area contributed by atoms with Gasteiger partial charge in [0.1, 0.15) is 57.0 Å². The average Bonchev–Trinajstić information content (AvgIpc) is 1.68. The molecular formula is C76H69BCl2F6N11O18. The average molecular weight is 1620 g/mol. The molecule has 4 atom stereocenters. The number of para-hydroxylation sites is 2. The van der Waals surface area contributed by atoms with Crippen LogP contribution in [-0.2, 0) is 30.3 Å². The van der Waals surface area contributed by atoms with Gasteiger partial charge in [0.05, 0.1) is 32.6 Å². The Morgan fingerprint density at radius 1 is 0.544 bits per heavy atom. The lowest BCUT2D eigenvalue weighted by atomic mass is 10.0. The van der Waals surface area contributed by atoms with Crippen molar-refractivity contribution in [3.05, 3.63) is 259 Å². The van der Waals surface area contributed by atoms with Crippen molar-refractivity contribution in [3.8, 4) is 39.8 Å². The van der Waals surface area contributed by atoms with E-state index in [1.807, 2.05) is 26.8 Å². The first kappa shape index (κ1) is 88.3.